The molecule has 0 N–H and O–H groups in total. The Labute approximate surface area is 69.4 Å². The van der Waals surface area contributed by atoms with E-state index in [1.54, 1.807) is 6.21 Å². The first-order chi connectivity index (χ1) is 5.22. The fourth-order valence-electron chi connectivity index (χ4n) is 0.731. The summed E-state index contributed by atoms with van der Waals surface area (Å²) in [6.45, 7) is 9.16. The molecule has 0 aromatic heterocycles. The number of amidine groups is 1. The first kappa shape index (κ1) is 10.3. The van der Waals surface area contributed by atoms with Crippen LogP contribution in [0.25, 0.3) is 0 Å². The van der Waals surface area contributed by atoms with Gasteiger partial charge in [-0.25, -0.2) is 4.99 Å². The van der Waals surface area contributed by atoms with E-state index < -0.39 is 0 Å². The first-order valence-corrected chi connectivity index (χ1v) is 4.25. The van der Waals surface area contributed by atoms with Crippen molar-refractivity contribution in [3.63, 3.8) is 0 Å². The van der Waals surface area contributed by atoms with Crippen LogP contribution in [0, 0.1) is 5.92 Å². The highest BCUT2D eigenvalue weighted by atomic mass is 14.9. The largest absolute Gasteiger partial charge is 0.270 e. The Balaban J connectivity index is 4.08. The monoisotopic (exact) mass is 154 g/mol. The van der Waals surface area contributed by atoms with E-state index in [1.165, 1.54) is 0 Å². The van der Waals surface area contributed by atoms with Gasteiger partial charge in [-0.15, -0.1) is 0 Å². The minimum atomic E-state index is 0.442. The number of aliphatic imine (C=N–C) groups is 2. The van der Waals surface area contributed by atoms with Gasteiger partial charge in [-0.2, -0.15) is 0 Å². The van der Waals surface area contributed by atoms with Crippen molar-refractivity contribution in [1.82, 2.24) is 0 Å². The van der Waals surface area contributed by atoms with Crippen LogP contribution in [0.4, 0.5) is 0 Å². The molecule has 0 amide bonds. The highest BCUT2D eigenvalue weighted by molar-refractivity contribution is 5.90. The van der Waals surface area contributed by atoms with Gasteiger partial charge in [-0.05, 0) is 13.3 Å². The summed E-state index contributed by atoms with van der Waals surface area (Å²) in [6, 6.07) is 0. The molecule has 0 aliphatic rings. The molecular weight excluding hydrogens is 136 g/mol. The lowest BCUT2D eigenvalue weighted by atomic mass is 10.2. The lowest BCUT2D eigenvalue weighted by Gasteiger charge is -2.02. The molecule has 0 aromatic rings. The molecule has 0 aliphatic heterocycles. The summed E-state index contributed by atoms with van der Waals surface area (Å²) in [6.07, 6.45) is 2.89. The van der Waals surface area contributed by atoms with Gasteiger partial charge in [-0.1, -0.05) is 20.8 Å². The molecule has 0 atom stereocenters. The van der Waals surface area contributed by atoms with E-state index in [9.17, 15) is 0 Å². The van der Waals surface area contributed by atoms with Crippen molar-refractivity contribution in [2.75, 3.05) is 6.54 Å². The molecule has 0 saturated carbocycles. The molecular formula is C9H18N2. The Kier molecular flexibility index (Phi) is 5.71. The van der Waals surface area contributed by atoms with E-state index in [0.29, 0.717) is 5.92 Å². The Morgan fingerprint density at radius 1 is 1.45 bits per heavy atom. The molecule has 0 fully saturated rings. The fourth-order valence-corrected chi connectivity index (χ4v) is 0.731. The maximum Gasteiger partial charge on any atom is 0.125 e. The molecule has 0 heterocycles. The lowest BCUT2D eigenvalue weighted by molar-refractivity contribution is 0.842. The minimum absolute atomic E-state index is 0.442. The summed E-state index contributed by atoms with van der Waals surface area (Å²) in [5, 5.41) is 0. The lowest BCUT2D eigenvalue weighted by Crippen LogP contribution is -2.05. The van der Waals surface area contributed by atoms with Gasteiger partial charge in [0.1, 0.15) is 5.84 Å². The second-order valence-electron chi connectivity index (χ2n) is 2.78. The van der Waals surface area contributed by atoms with Crippen molar-refractivity contribution in [3.8, 4) is 0 Å². The molecule has 64 valence electrons. The van der Waals surface area contributed by atoms with E-state index >= 15 is 0 Å². The predicted octanol–water partition coefficient (Wildman–Crippen LogP) is 2.54. The SMILES string of the molecule is CC=NC(=NCCC)C(C)C. The molecule has 0 radical (unpaired) electrons. The Morgan fingerprint density at radius 3 is 2.45 bits per heavy atom. The van der Waals surface area contributed by atoms with E-state index in [1.807, 2.05) is 6.92 Å². The quantitative estimate of drug-likeness (QED) is 0.441. The molecule has 0 spiro atoms. The normalized spacial score (nSPS) is 13.4. The second kappa shape index (κ2) is 6.08. The molecule has 2 heteroatoms. The molecule has 11 heavy (non-hydrogen) atoms. The summed E-state index contributed by atoms with van der Waals surface area (Å²) in [4.78, 5) is 8.54. The van der Waals surface area contributed by atoms with Crippen LogP contribution in [0.1, 0.15) is 34.1 Å². The predicted molar refractivity (Wildman–Crippen MR) is 51.6 cm³/mol. The van der Waals surface area contributed by atoms with E-state index in [0.717, 1.165) is 18.8 Å². The molecule has 0 aromatic carbocycles. The van der Waals surface area contributed by atoms with Gasteiger partial charge in [0.05, 0.1) is 0 Å². The van der Waals surface area contributed by atoms with Crippen LogP contribution in [0.15, 0.2) is 9.98 Å². The van der Waals surface area contributed by atoms with Crippen molar-refractivity contribution < 1.29 is 0 Å². The smallest absolute Gasteiger partial charge is 0.125 e. The topological polar surface area (TPSA) is 24.7 Å². The van der Waals surface area contributed by atoms with Crippen LogP contribution in [0.5, 0.6) is 0 Å². The van der Waals surface area contributed by atoms with Crippen molar-refractivity contribution >= 4 is 12.1 Å². The molecule has 0 saturated heterocycles. The van der Waals surface area contributed by atoms with Crippen LogP contribution >= 0.6 is 0 Å². The summed E-state index contributed by atoms with van der Waals surface area (Å²) < 4.78 is 0. The Morgan fingerprint density at radius 2 is 2.09 bits per heavy atom. The van der Waals surface area contributed by atoms with Crippen molar-refractivity contribution in [3.05, 3.63) is 0 Å². The maximum absolute atomic E-state index is 4.35. The summed E-state index contributed by atoms with van der Waals surface area (Å²) in [7, 11) is 0. The van der Waals surface area contributed by atoms with Gasteiger partial charge in [0.15, 0.2) is 0 Å². The van der Waals surface area contributed by atoms with Crippen LogP contribution in [0.2, 0.25) is 0 Å². The zero-order valence-corrected chi connectivity index (χ0v) is 7.96. The number of rotatable bonds is 3. The van der Waals surface area contributed by atoms with Crippen LogP contribution in [-0.2, 0) is 0 Å². The van der Waals surface area contributed by atoms with Gasteiger partial charge in [-0.3, -0.25) is 4.99 Å². The fraction of sp³-hybridized carbons (Fsp3) is 0.778. The van der Waals surface area contributed by atoms with Crippen molar-refractivity contribution in [2.24, 2.45) is 15.9 Å². The zero-order chi connectivity index (χ0) is 8.69. The van der Waals surface area contributed by atoms with E-state index in [4.69, 9.17) is 0 Å². The average Bonchev–Trinajstić information content (AvgIpc) is 1.97. The highest BCUT2D eigenvalue weighted by Gasteiger charge is 1.99. The third kappa shape index (κ3) is 4.71. The second-order valence-corrected chi connectivity index (χ2v) is 2.78. The van der Waals surface area contributed by atoms with Crippen LogP contribution in [-0.4, -0.2) is 18.6 Å². The van der Waals surface area contributed by atoms with Gasteiger partial charge >= 0.3 is 0 Å². The summed E-state index contributed by atoms with van der Waals surface area (Å²) in [5.41, 5.74) is 0. The number of nitrogens with zero attached hydrogens (tertiary/aromatic N) is 2. The van der Waals surface area contributed by atoms with Gasteiger partial charge in [0.2, 0.25) is 0 Å². The standard InChI is InChI=1S/C9H18N2/c1-5-7-11-9(8(3)4)10-6-2/h6,8H,5,7H2,1-4H3. The van der Waals surface area contributed by atoms with Gasteiger partial charge in [0, 0.05) is 18.7 Å². The van der Waals surface area contributed by atoms with Crippen molar-refractivity contribution in [1.29, 1.82) is 0 Å². The van der Waals surface area contributed by atoms with E-state index in [2.05, 4.69) is 30.8 Å². The minimum Gasteiger partial charge on any atom is -0.270 e. The van der Waals surface area contributed by atoms with Gasteiger partial charge in [0.25, 0.3) is 0 Å². The third-order valence-corrected chi connectivity index (χ3v) is 1.28. The molecule has 0 bridgehead atoms. The Hall–Kier alpha value is -0.660. The third-order valence-electron chi connectivity index (χ3n) is 1.28. The molecule has 0 unspecified atom stereocenters. The maximum atomic E-state index is 4.35. The zero-order valence-electron chi connectivity index (χ0n) is 7.96. The van der Waals surface area contributed by atoms with Crippen molar-refractivity contribution in [2.45, 2.75) is 34.1 Å². The number of hydrogen-bond acceptors (Lipinski definition) is 1. The van der Waals surface area contributed by atoms with Crippen LogP contribution < -0.4 is 0 Å². The average molecular weight is 154 g/mol. The van der Waals surface area contributed by atoms with Crippen LogP contribution in [0.3, 0.4) is 0 Å². The highest BCUT2D eigenvalue weighted by Crippen LogP contribution is 1.98. The van der Waals surface area contributed by atoms with Gasteiger partial charge < -0.3 is 0 Å². The first-order valence-electron chi connectivity index (χ1n) is 4.25. The molecule has 2 nitrogen and oxygen atoms in total. The Bertz CT molecular complexity index is 146. The van der Waals surface area contributed by atoms with E-state index in [-0.39, 0.29) is 0 Å². The summed E-state index contributed by atoms with van der Waals surface area (Å²) in [5.74, 6) is 1.41. The molecule has 0 rings (SSSR count). The summed E-state index contributed by atoms with van der Waals surface area (Å²) >= 11 is 0. The number of hydrogen-bond donors (Lipinski definition) is 0. The molecule has 0 aliphatic carbocycles.